The van der Waals surface area contributed by atoms with E-state index in [2.05, 4.69) is 16.9 Å². The second-order valence-corrected chi connectivity index (χ2v) is 4.57. The van der Waals surface area contributed by atoms with E-state index in [4.69, 9.17) is 9.15 Å². The molecule has 0 aromatic carbocycles. The third-order valence-corrected chi connectivity index (χ3v) is 3.06. The zero-order chi connectivity index (χ0) is 16.3. The van der Waals surface area contributed by atoms with E-state index >= 15 is 0 Å². The number of amides is 1. The number of nitrogens with zero attached hydrogens (tertiary/aromatic N) is 1. The molecule has 0 aliphatic rings. The van der Waals surface area contributed by atoms with Crippen LogP contribution in [0.2, 0.25) is 0 Å². The summed E-state index contributed by atoms with van der Waals surface area (Å²) >= 11 is 0. The topological polar surface area (TPSA) is 81.4 Å². The van der Waals surface area contributed by atoms with Crippen molar-refractivity contribution < 1.29 is 18.7 Å². The lowest BCUT2D eigenvalue weighted by Crippen LogP contribution is -2.16. The summed E-state index contributed by atoms with van der Waals surface area (Å²) in [5.41, 5.74) is 1.90. The van der Waals surface area contributed by atoms with E-state index in [0.29, 0.717) is 11.3 Å². The normalized spacial score (nSPS) is 10.1. The van der Waals surface area contributed by atoms with Crippen LogP contribution >= 0.6 is 0 Å². The Morgan fingerprint density at radius 2 is 2.09 bits per heavy atom. The fourth-order valence-corrected chi connectivity index (χ4v) is 1.94. The monoisotopic (exact) mass is 300 g/mol. The minimum Gasteiger partial charge on any atom is -0.465 e. The molecule has 2 aromatic heterocycles. The largest absolute Gasteiger partial charge is 0.465 e. The number of methoxy groups -OCH3 is 1. The zero-order valence-corrected chi connectivity index (χ0v) is 12.6. The van der Waals surface area contributed by atoms with Crippen LogP contribution in [0.5, 0.6) is 0 Å². The highest BCUT2D eigenvalue weighted by Gasteiger charge is 2.24. The highest BCUT2D eigenvalue weighted by Crippen LogP contribution is 2.27. The molecule has 2 rings (SSSR count). The number of pyridine rings is 1. The van der Waals surface area contributed by atoms with Gasteiger partial charge in [-0.15, -0.1) is 0 Å². The van der Waals surface area contributed by atoms with E-state index in [-0.39, 0.29) is 17.1 Å². The predicted molar refractivity (Wildman–Crippen MR) is 80.5 cm³/mol. The minimum absolute atomic E-state index is 0.00621. The molecule has 0 bridgehead atoms. The van der Waals surface area contributed by atoms with E-state index in [1.807, 2.05) is 19.1 Å². The van der Waals surface area contributed by atoms with Crippen LogP contribution in [0.1, 0.15) is 38.1 Å². The number of furan rings is 1. The van der Waals surface area contributed by atoms with Gasteiger partial charge in [0.1, 0.15) is 5.56 Å². The molecule has 0 saturated carbocycles. The van der Waals surface area contributed by atoms with Gasteiger partial charge in [0.2, 0.25) is 0 Å². The van der Waals surface area contributed by atoms with Crippen molar-refractivity contribution in [1.29, 1.82) is 0 Å². The average Bonchev–Trinajstić information content (AvgIpc) is 2.97. The maximum atomic E-state index is 11.9. The SMILES string of the molecule is C=C(c1cccc(C)n1)c1oc(C(=O)NC)cc1C(=O)OC. The maximum Gasteiger partial charge on any atom is 0.341 e. The molecule has 1 N–H and O–H groups in total. The molecule has 0 radical (unpaired) electrons. The summed E-state index contributed by atoms with van der Waals surface area (Å²) in [6, 6.07) is 6.75. The molecular weight excluding hydrogens is 284 g/mol. The molecular formula is C16H16N2O4. The summed E-state index contributed by atoms with van der Waals surface area (Å²) in [7, 11) is 2.73. The van der Waals surface area contributed by atoms with Gasteiger partial charge >= 0.3 is 5.97 Å². The molecule has 0 spiro atoms. The van der Waals surface area contributed by atoms with Gasteiger partial charge in [0, 0.05) is 24.4 Å². The Labute approximate surface area is 127 Å². The predicted octanol–water partition coefficient (Wildman–Crippen LogP) is 2.19. The van der Waals surface area contributed by atoms with Crippen molar-refractivity contribution in [2.24, 2.45) is 0 Å². The summed E-state index contributed by atoms with van der Waals surface area (Å²) in [5, 5.41) is 2.44. The van der Waals surface area contributed by atoms with Crippen LogP contribution in [-0.2, 0) is 4.74 Å². The standard InChI is InChI=1S/C16H16N2O4/c1-9-6-5-7-12(18-9)10(2)14-11(16(20)21-4)8-13(22-14)15(19)17-3/h5-8H,2H2,1,3-4H3,(H,17,19). The number of aromatic nitrogens is 1. The third kappa shape index (κ3) is 2.90. The second-order valence-electron chi connectivity index (χ2n) is 4.57. The van der Waals surface area contributed by atoms with Crippen molar-refractivity contribution in [3.63, 3.8) is 0 Å². The van der Waals surface area contributed by atoms with E-state index in [1.165, 1.54) is 20.2 Å². The Balaban J connectivity index is 2.52. The van der Waals surface area contributed by atoms with Gasteiger partial charge in [-0.25, -0.2) is 4.79 Å². The summed E-state index contributed by atoms with van der Waals surface area (Å²) in [5.74, 6) is -0.876. The van der Waals surface area contributed by atoms with Gasteiger partial charge in [-0.1, -0.05) is 12.6 Å². The first kappa shape index (κ1) is 15.5. The van der Waals surface area contributed by atoms with Crippen LogP contribution in [0, 0.1) is 6.92 Å². The van der Waals surface area contributed by atoms with Gasteiger partial charge in [-0.3, -0.25) is 9.78 Å². The van der Waals surface area contributed by atoms with Crippen molar-refractivity contribution in [3.05, 3.63) is 59.3 Å². The number of hydrogen-bond acceptors (Lipinski definition) is 5. The Kier molecular flexibility index (Phi) is 4.41. The van der Waals surface area contributed by atoms with Crippen LogP contribution in [0.4, 0.5) is 0 Å². The lowest BCUT2D eigenvalue weighted by molar-refractivity contribution is 0.0599. The molecule has 0 aliphatic carbocycles. The summed E-state index contributed by atoms with van der Waals surface area (Å²) in [6.07, 6.45) is 0. The number of aryl methyl sites for hydroxylation is 1. The number of hydrogen-bond donors (Lipinski definition) is 1. The first-order valence-corrected chi connectivity index (χ1v) is 6.55. The smallest absolute Gasteiger partial charge is 0.341 e. The van der Waals surface area contributed by atoms with Crippen molar-refractivity contribution in [3.8, 4) is 0 Å². The Morgan fingerprint density at radius 3 is 2.68 bits per heavy atom. The van der Waals surface area contributed by atoms with Gasteiger partial charge in [0.25, 0.3) is 5.91 Å². The fraction of sp³-hybridized carbons (Fsp3) is 0.188. The first-order valence-electron chi connectivity index (χ1n) is 6.55. The molecule has 6 heteroatoms. The Morgan fingerprint density at radius 1 is 1.36 bits per heavy atom. The van der Waals surface area contributed by atoms with Gasteiger partial charge in [-0.2, -0.15) is 0 Å². The third-order valence-electron chi connectivity index (χ3n) is 3.06. The van der Waals surface area contributed by atoms with Crippen molar-refractivity contribution in [2.75, 3.05) is 14.2 Å². The summed E-state index contributed by atoms with van der Waals surface area (Å²) < 4.78 is 10.2. The quantitative estimate of drug-likeness (QED) is 0.875. The Hall–Kier alpha value is -2.89. The number of rotatable bonds is 4. The highest BCUT2D eigenvalue weighted by atomic mass is 16.5. The lowest BCUT2D eigenvalue weighted by atomic mass is 10.1. The average molecular weight is 300 g/mol. The van der Waals surface area contributed by atoms with Crippen LogP contribution < -0.4 is 5.32 Å². The maximum absolute atomic E-state index is 11.9. The molecule has 0 unspecified atom stereocenters. The van der Waals surface area contributed by atoms with Crippen LogP contribution in [0.25, 0.3) is 5.57 Å². The van der Waals surface area contributed by atoms with Crippen LogP contribution in [-0.4, -0.2) is 31.0 Å². The van der Waals surface area contributed by atoms with Crippen molar-refractivity contribution in [2.45, 2.75) is 6.92 Å². The second kappa shape index (κ2) is 6.26. The number of carbonyl (C=O) groups excluding carboxylic acids is 2. The first-order chi connectivity index (χ1) is 10.5. The number of carbonyl (C=O) groups is 2. The van der Waals surface area contributed by atoms with Gasteiger partial charge < -0.3 is 14.5 Å². The molecule has 6 nitrogen and oxygen atoms in total. The molecule has 0 fully saturated rings. The molecule has 114 valence electrons. The molecule has 0 atom stereocenters. The molecule has 2 aromatic rings. The van der Waals surface area contributed by atoms with E-state index in [0.717, 1.165) is 5.69 Å². The fourth-order valence-electron chi connectivity index (χ4n) is 1.94. The minimum atomic E-state index is -0.609. The van der Waals surface area contributed by atoms with Crippen LogP contribution in [0.3, 0.4) is 0 Å². The van der Waals surface area contributed by atoms with Crippen LogP contribution in [0.15, 0.2) is 35.3 Å². The van der Waals surface area contributed by atoms with Crippen molar-refractivity contribution in [1.82, 2.24) is 10.3 Å². The number of esters is 1. The Bertz CT molecular complexity index is 746. The van der Waals surface area contributed by atoms with E-state index in [1.54, 1.807) is 6.07 Å². The number of nitrogens with one attached hydrogen (secondary N) is 1. The lowest BCUT2D eigenvalue weighted by Gasteiger charge is -2.05. The van der Waals surface area contributed by atoms with E-state index in [9.17, 15) is 9.59 Å². The number of ether oxygens (including phenoxy) is 1. The summed E-state index contributed by atoms with van der Waals surface area (Å²) in [4.78, 5) is 27.9. The summed E-state index contributed by atoms with van der Waals surface area (Å²) in [6.45, 7) is 5.76. The molecule has 2 heterocycles. The van der Waals surface area contributed by atoms with Gasteiger partial charge in [0.15, 0.2) is 11.5 Å². The van der Waals surface area contributed by atoms with Crippen molar-refractivity contribution >= 4 is 17.4 Å². The molecule has 0 saturated heterocycles. The van der Waals surface area contributed by atoms with Gasteiger partial charge in [0.05, 0.1) is 12.8 Å². The highest BCUT2D eigenvalue weighted by molar-refractivity contribution is 6.00. The van der Waals surface area contributed by atoms with E-state index < -0.39 is 11.9 Å². The zero-order valence-electron chi connectivity index (χ0n) is 12.6. The molecule has 0 aliphatic heterocycles. The molecule has 1 amide bonds. The molecule has 22 heavy (non-hydrogen) atoms. The van der Waals surface area contributed by atoms with Gasteiger partial charge in [-0.05, 0) is 19.1 Å².